The Morgan fingerprint density at radius 2 is 1.83 bits per heavy atom. The second-order valence-electron chi connectivity index (χ2n) is 7.15. The van der Waals surface area contributed by atoms with Crippen molar-refractivity contribution >= 4 is 28.8 Å². The van der Waals surface area contributed by atoms with Crippen molar-refractivity contribution in [2.24, 2.45) is 0 Å². The summed E-state index contributed by atoms with van der Waals surface area (Å²) in [4.78, 5) is 27.3. The summed E-state index contributed by atoms with van der Waals surface area (Å²) in [7, 11) is 1.59. The van der Waals surface area contributed by atoms with Crippen molar-refractivity contribution in [3.05, 3.63) is 69.7 Å². The van der Waals surface area contributed by atoms with Crippen molar-refractivity contribution in [1.82, 2.24) is 15.1 Å². The number of anilines is 1. The largest absolute Gasteiger partial charge is 0.497 e. The molecule has 1 aliphatic heterocycles. The Bertz CT molecular complexity index is 1050. The zero-order chi connectivity index (χ0) is 21.1. The number of hydrogen-bond donors (Lipinski definition) is 1. The van der Waals surface area contributed by atoms with E-state index in [9.17, 15) is 9.59 Å². The molecule has 1 atom stereocenters. The summed E-state index contributed by atoms with van der Waals surface area (Å²) in [6.07, 6.45) is 1.69. The Labute approximate surface area is 178 Å². The van der Waals surface area contributed by atoms with Crippen LogP contribution in [-0.4, -0.2) is 40.6 Å². The van der Waals surface area contributed by atoms with Crippen LogP contribution in [0.4, 0.5) is 5.69 Å². The summed E-state index contributed by atoms with van der Waals surface area (Å²) in [5.74, 6) is 0.354. The first-order valence-electron chi connectivity index (χ1n) is 9.71. The van der Waals surface area contributed by atoms with Gasteiger partial charge in [-0.2, -0.15) is 0 Å². The van der Waals surface area contributed by atoms with E-state index in [1.807, 2.05) is 36.1 Å². The maximum absolute atomic E-state index is 13.0. The number of nitrogens with zero attached hydrogens (tertiary/aromatic N) is 3. The van der Waals surface area contributed by atoms with Gasteiger partial charge in [-0.25, -0.2) is 0 Å². The molecule has 0 saturated carbocycles. The number of nitrogens with one attached hydrogen (secondary N) is 1. The third-order valence-electron chi connectivity index (χ3n) is 5.08. The molecule has 1 fully saturated rings. The Morgan fingerprint density at radius 1 is 1.10 bits per heavy atom. The molecule has 2 heterocycles. The van der Waals surface area contributed by atoms with Crippen LogP contribution in [0.1, 0.15) is 49.6 Å². The smallest absolute Gasteiger partial charge is 0.286 e. The molecule has 7 nitrogen and oxygen atoms in total. The number of aryl methyl sites for hydroxylation is 1. The van der Waals surface area contributed by atoms with Crippen LogP contribution < -0.4 is 10.1 Å². The fourth-order valence-corrected chi connectivity index (χ4v) is 4.33. The Morgan fingerprint density at radius 3 is 2.53 bits per heavy atom. The van der Waals surface area contributed by atoms with E-state index in [0.29, 0.717) is 28.6 Å². The molecule has 1 N–H and O–H groups in total. The molecule has 4 rings (SSSR count). The van der Waals surface area contributed by atoms with Gasteiger partial charge in [-0.15, -0.1) is 10.2 Å². The van der Waals surface area contributed by atoms with Crippen LogP contribution >= 0.6 is 11.3 Å². The summed E-state index contributed by atoms with van der Waals surface area (Å²) in [5.41, 5.74) is 2.43. The summed E-state index contributed by atoms with van der Waals surface area (Å²) in [6, 6.07) is 14.5. The van der Waals surface area contributed by atoms with E-state index in [1.54, 1.807) is 31.4 Å². The minimum absolute atomic E-state index is 0.0546. The second kappa shape index (κ2) is 8.62. The van der Waals surface area contributed by atoms with Crippen LogP contribution in [0.25, 0.3) is 0 Å². The molecular weight excluding hydrogens is 400 g/mol. The number of likely N-dealkylation sites (tertiary alicyclic amines) is 1. The van der Waals surface area contributed by atoms with E-state index in [0.717, 1.165) is 18.4 Å². The molecule has 1 saturated heterocycles. The van der Waals surface area contributed by atoms with E-state index in [2.05, 4.69) is 15.5 Å². The van der Waals surface area contributed by atoms with Crippen LogP contribution in [0.3, 0.4) is 0 Å². The molecule has 2 amide bonds. The number of amides is 2. The van der Waals surface area contributed by atoms with Crippen LogP contribution in [0.5, 0.6) is 5.75 Å². The molecule has 0 spiro atoms. The maximum Gasteiger partial charge on any atom is 0.286 e. The van der Waals surface area contributed by atoms with Crippen molar-refractivity contribution in [3.8, 4) is 5.75 Å². The SMILES string of the molecule is COc1ccc(C(=O)N2CCCC2c2nnc(C(=O)Nc3ccc(C)cc3)s2)cc1. The highest BCUT2D eigenvalue weighted by atomic mass is 32.1. The third-order valence-corrected chi connectivity index (χ3v) is 6.10. The highest BCUT2D eigenvalue weighted by Crippen LogP contribution is 2.35. The summed E-state index contributed by atoms with van der Waals surface area (Å²) >= 11 is 1.23. The van der Waals surface area contributed by atoms with Crippen molar-refractivity contribution in [3.63, 3.8) is 0 Å². The van der Waals surface area contributed by atoms with E-state index in [4.69, 9.17) is 4.74 Å². The van der Waals surface area contributed by atoms with Gasteiger partial charge >= 0.3 is 0 Å². The molecular formula is C22H22N4O3S. The number of ether oxygens (including phenoxy) is 1. The van der Waals surface area contributed by atoms with Crippen molar-refractivity contribution in [1.29, 1.82) is 0 Å². The van der Waals surface area contributed by atoms with E-state index < -0.39 is 0 Å². The maximum atomic E-state index is 13.0. The molecule has 0 bridgehead atoms. The van der Waals surface area contributed by atoms with Gasteiger partial charge in [0.15, 0.2) is 0 Å². The Balaban J connectivity index is 1.48. The minimum atomic E-state index is -0.298. The molecule has 1 aliphatic rings. The summed E-state index contributed by atoms with van der Waals surface area (Å²) in [5, 5.41) is 12.1. The predicted molar refractivity (Wildman–Crippen MR) is 115 cm³/mol. The lowest BCUT2D eigenvalue weighted by Gasteiger charge is -2.22. The van der Waals surface area contributed by atoms with Gasteiger partial charge in [-0.05, 0) is 56.2 Å². The predicted octanol–water partition coefficient (Wildman–Crippen LogP) is 4.08. The first-order chi connectivity index (χ1) is 14.5. The van der Waals surface area contributed by atoms with Gasteiger partial charge in [0.2, 0.25) is 5.01 Å². The number of rotatable bonds is 5. The molecule has 1 unspecified atom stereocenters. The molecule has 3 aromatic rings. The monoisotopic (exact) mass is 422 g/mol. The molecule has 0 aliphatic carbocycles. The van der Waals surface area contributed by atoms with Gasteiger partial charge in [0, 0.05) is 17.8 Å². The quantitative estimate of drug-likeness (QED) is 0.670. The molecule has 0 radical (unpaired) electrons. The number of benzene rings is 2. The van der Waals surface area contributed by atoms with E-state index in [-0.39, 0.29) is 22.9 Å². The average molecular weight is 423 g/mol. The van der Waals surface area contributed by atoms with Crippen molar-refractivity contribution < 1.29 is 14.3 Å². The Hall–Kier alpha value is -3.26. The number of hydrogen-bond acceptors (Lipinski definition) is 6. The van der Waals surface area contributed by atoms with Gasteiger partial charge in [0.1, 0.15) is 10.8 Å². The first-order valence-corrected chi connectivity index (χ1v) is 10.5. The molecule has 2 aromatic carbocycles. The van der Waals surface area contributed by atoms with E-state index >= 15 is 0 Å². The molecule has 1 aromatic heterocycles. The van der Waals surface area contributed by atoms with E-state index in [1.165, 1.54) is 11.3 Å². The number of carbonyl (C=O) groups is 2. The van der Waals surface area contributed by atoms with Gasteiger partial charge in [0.05, 0.1) is 13.2 Å². The molecule has 30 heavy (non-hydrogen) atoms. The highest BCUT2D eigenvalue weighted by molar-refractivity contribution is 7.13. The van der Waals surface area contributed by atoms with Crippen molar-refractivity contribution in [2.75, 3.05) is 19.0 Å². The zero-order valence-electron chi connectivity index (χ0n) is 16.8. The van der Waals surface area contributed by atoms with Gasteiger partial charge in [-0.1, -0.05) is 29.0 Å². The van der Waals surface area contributed by atoms with Crippen LogP contribution in [0.2, 0.25) is 0 Å². The highest BCUT2D eigenvalue weighted by Gasteiger charge is 2.33. The van der Waals surface area contributed by atoms with Gasteiger partial charge in [-0.3, -0.25) is 9.59 Å². The average Bonchev–Trinajstić information content (AvgIpc) is 3.44. The zero-order valence-corrected chi connectivity index (χ0v) is 17.6. The topological polar surface area (TPSA) is 84.4 Å². The number of methoxy groups -OCH3 is 1. The normalized spacial score (nSPS) is 15.8. The van der Waals surface area contributed by atoms with Gasteiger partial charge in [0.25, 0.3) is 11.8 Å². The second-order valence-corrected chi connectivity index (χ2v) is 8.16. The number of aromatic nitrogens is 2. The minimum Gasteiger partial charge on any atom is -0.497 e. The number of carbonyl (C=O) groups excluding carboxylic acids is 2. The summed E-state index contributed by atoms with van der Waals surface area (Å²) in [6.45, 7) is 2.64. The standard InChI is InChI=1S/C22H22N4O3S/c1-14-5-9-16(10-6-14)23-19(27)21-25-24-20(30-21)18-4-3-13-26(18)22(28)15-7-11-17(29-2)12-8-15/h5-12,18H,3-4,13H2,1-2H3,(H,23,27). The third kappa shape index (κ3) is 4.18. The molecule has 154 valence electrons. The summed E-state index contributed by atoms with van der Waals surface area (Å²) < 4.78 is 5.16. The first kappa shape index (κ1) is 20.0. The van der Waals surface area contributed by atoms with Crippen LogP contribution in [0, 0.1) is 6.92 Å². The fraction of sp³-hybridized carbons (Fsp3) is 0.273. The van der Waals surface area contributed by atoms with Crippen LogP contribution in [-0.2, 0) is 0 Å². The lowest BCUT2D eigenvalue weighted by molar-refractivity contribution is 0.0735. The van der Waals surface area contributed by atoms with Crippen molar-refractivity contribution in [2.45, 2.75) is 25.8 Å². The van der Waals surface area contributed by atoms with Gasteiger partial charge < -0.3 is 15.0 Å². The lowest BCUT2D eigenvalue weighted by atomic mass is 10.1. The Kier molecular flexibility index (Phi) is 5.76. The fourth-order valence-electron chi connectivity index (χ4n) is 3.45. The lowest BCUT2D eigenvalue weighted by Crippen LogP contribution is -2.30. The van der Waals surface area contributed by atoms with Crippen LogP contribution in [0.15, 0.2) is 48.5 Å². The molecule has 8 heteroatoms.